The molecule has 150 valence electrons. The van der Waals surface area contributed by atoms with Crippen LogP contribution >= 0.6 is 0 Å². The Kier molecular flexibility index (Phi) is 7.00. The third-order valence-corrected chi connectivity index (χ3v) is 4.91. The summed E-state index contributed by atoms with van der Waals surface area (Å²) in [7, 11) is 1.64. The van der Waals surface area contributed by atoms with E-state index in [1.165, 1.54) is 5.69 Å². The van der Waals surface area contributed by atoms with Crippen molar-refractivity contribution >= 4 is 11.7 Å². The molecule has 0 aliphatic carbocycles. The molecule has 1 aliphatic heterocycles. The number of nitrogens with one attached hydrogen (secondary N) is 1. The van der Waals surface area contributed by atoms with E-state index in [2.05, 4.69) is 22.3 Å². The summed E-state index contributed by atoms with van der Waals surface area (Å²) in [6.07, 6.45) is 0.748. The predicted octanol–water partition coefficient (Wildman–Crippen LogP) is 3.17. The van der Waals surface area contributed by atoms with Crippen LogP contribution in [0.2, 0.25) is 0 Å². The fraction of sp³-hybridized carbons (Fsp3) is 0.409. The molecule has 0 bridgehead atoms. The second-order valence-electron chi connectivity index (χ2n) is 6.71. The van der Waals surface area contributed by atoms with E-state index in [4.69, 9.17) is 9.47 Å². The first kappa shape index (κ1) is 19.9. The van der Waals surface area contributed by atoms with Crippen LogP contribution in [0.25, 0.3) is 0 Å². The number of urea groups is 1. The van der Waals surface area contributed by atoms with Crippen molar-refractivity contribution in [3.63, 3.8) is 0 Å². The average molecular weight is 383 g/mol. The number of methoxy groups -OCH3 is 1. The van der Waals surface area contributed by atoms with Gasteiger partial charge in [-0.2, -0.15) is 0 Å². The maximum atomic E-state index is 12.4. The number of benzene rings is 2. The van der Waals surface area contributed by atoms with Gasteiger partial charge >= 0.3 is 6.03 Å². The lowest BCUT2D eigenvalue weighted by Gasteiger charge is -2.36. The highest BCUT2D eigenvalue weighted by Gasteiger charge is 2.20. The lowest BCUT2D eigenvalue weighted by atomic mass is 10.1. The number of anilines is 1. The fourth-order valence-electron chi connectivity index (χ4n) is 3.37. The minimum atomic E-state index is 0.00520. The van der Waals surface area contributed by atoms with Crippen LogP contribution < -0.4 is 19.7 Å². The van der Waals surface area contributed by atoms with E-state index >= 15 is 0 Å². The van der Waals surface area contributed by atoms with Crippen LogP contribution in [0.3, 0.4) is 0 Å². The number of amides is 2. The van der Waals surface area contributed by atoms with Gasteiger partial charge in [0, 0.05) is 38.4 Å². The van der Waals surface area contributed by atoms with E-state index in [0.717, 1.165) is 49.7 Å². The zero-order valence-electron chi connectivity index (χ0n) is 16.7. The Morgan fingerprint density at radius 2 is 1.79 bits per heavy atom. The summed E-state index contributed by atoms with van der Waals surface area (Å²) in [5.74, 6) is 1.47. The molecule has 0 atom stereocenters. The zero-order valence-corrected chi connectivity index (χ0v) is 16.7. The number of nitrogens with zero attached hydrogens (tertiary/aromatic N) is 2. The highest BCUT2D eigenvalue weighted by atomic mass is 16.5. The van der Waals surface area contributed by atoms with E-state index in [1.54, 1.807) is 7.11 Å². The standard InChI is InChI=1S/C22H29N3O3/c1-3-28-20-10-9-18(17-21(20)27-2)11-12-23-22(26)25-15-13-24(14-16-25)19-7-5-4-6-8-19/h4-10,17H,3,11-16H2,1-2H3,(H,23,26). The molecule has 0 unspecified atom stereocenters. The van der Waals surface area contributed by atoms with Crippen LogP contribution in [0.5, 0.6) is 11.5 Å². The van der Waals surface area contributed by atoms with E-state index in [1.807, 2.05) is 48.2 Å². The molecule has 1 N–H and O–H groups in total. The van der Waals surface area contributed by atoms with Crippen LogP contribution in [-0.2, 0) is 6.42 Å². The Hall–Kier alpha value is -2.89. The smallest absolute Gasteiger partial charge is 0.317 e. The van der Waals surface area contributed by atoms with E-state index in [9.17, 15) is 4.79 Å². The Labute approximate surface area is 167 Å². The Morgan fingerprint density at radius 3 is 2.46 bits per heavy atom. The van der Waals surface area contributed by atoms with Gasteiger partial charge in [0.2, 0.25) is 0 Å². The quantitative estimate of drug-likeness (QED) is 0.798. The number of hydrogen-bond donors (Lipinski definition) is 1. The van der Waals surface area contributed by atoms with Crippen molar-refractivity contribution in [2.24, 2.45) is 0 Å². The van der Waals surface area contributed by atoms with Crippen LogP contribution in [0.4, 0.5) is 10.5 Å². The maximum absolute atomic E-state index is 12.4. The van der Waals surface area contributed by atoms with Crippen molar-refractivity contribution in [3.05, 3.63) is 54.1 Å². The number of rotatable bonds is 7. The monoisotopic (exact) mass is 383 g/mol. The van der Waals surface area contributed by atoms with Crippen LogP contribution in [0.1, 0.15) is 12.5 Å². The molecule has 6 heteroatoms. The average Bonchev–Trinajstić information content (AvgIpc) is 2.75. The van der Waals surface area contributed by atoms with Crippen LogP contribution in [0, 0.1) is 0 Å². The molecule has 1 aliphatic rings. The molecule has 0 spiro atoms. The van der Waals surface area contributed by atoms with Gasteiger partial charge in [-0.3, -0.25) is 0 Å². The summed E-state index contributed by atoms with van der Waals surface area (Å²) in [4.78, 5) is 16.6. The summed E-state index contributed by atoms with van der Waals surface area (Å²) in [6.45, 7) is 6.32. The van der Waals surface area contributed by atoms with Gasteiger partial charge in [0.15, 0.2) is 11.5 Å². The molecule has 0 saturated carbocycles. The minimum Gasteiger partial charge on any atom is -0.493 e. The SMILES string of the molecule is CCOc1ccc(CCNC(=O)N2CCN(c3ccccc3)CC2)cc1OC. The first-order valence-electron chi connectivity index (χ1n) is 9.83. The Morgan fingerprint density at radius 1 is 1.04 bits per heavy atom. The second kappa shape index (κ2) is 9.88. The van der Waals surface area contributed by atoms with Crippen LogP contribution in [0.15, 0.2) is 48.5 Å². The van der Waals surface area contributed by atoms with Gasteiger partial charge in [-0.05, 0) is 43.2 Å². The van der Waals surface area contributed by atoms with Gasteiger partial charge in [-0.25, -0.2) is 4.79 Å². The summed E-state index contributed by atoms with van der Waals surface area (Å²) in [6, 6.07) is 16.2. The van der Waals surface area contributed by atoms with Crippen molar-refractivity contribution < 1.29 is 14.3 Å². The molecule has 28 heavy (non-hydrogen) atoms. The molecular weight excluding hydrogens is 354 g/mol. The van der Waals surface area contributed by atoms with Gasteiger partial charge in [0.1, 0.15) is 0 Å². The molecule has 1 fully saturated rings. The van der Waals surface area contributed by atoms with Crippen LogP contribution in [-0.4, -0.2) is 57.4 Å². The molecule has 3 rings (SSSR count). The van der Waals surface area contributed by atoms with E-state index in [0.29, 0.717) is 13.2 Å². The van der Waals surface area contributed by atoms with Gasteiger partial charge in [-0.15, -0.1) is 0 Å². The largest absolute Gasteiger partial charge is 0.493 e. The van der Waals surface area contributed by atoms with E-state index in [-0.39, 0.29) is 6.03 Å². The second-order valence-corrected chi connectivity index (χ2v) is 6.71. The van der Waals surface area contributed by atoms with Crippen molar-refractivity contribution in [1.82, 2.24) is 10.2 Å². The molecule has 2 aromatic carbocycles. The summed E-state index contributed by atoms with van der Waals surface area (Å²) in [5.41, 5.74) is 2.32. The highest BCUT2D eigenvalue weighted by molar-refractivity contribution is 5.74. The topological polar surface area (TPSA) is 54.0 Å². The third kappa shape index (κ3) is 5.09. The van der Waals surface area contributed by atoms with Crippen molar-refractivity contribution in [1.29, 1.82) is 0 Å². The molecule has 0 aromatic heterocycles. The lowest BCUT2D eigenvalue weighted by Crippen LogP contribution is -2.52. The van der Waals surface area contributed by atoms with Gasteiger partial charge in [-0.1, -0.05) is 24.3 Å². The number of hydrogen-bond acceptors (Lipinski definition) is 4. The van der Waals surface area contributed by atoms with E-state index < -0.39 is 0 Å². The van der Waals surface area contributed by atoms with Gasteiger partial charge < -0.3 is 24.6 Å². The number of carbonyl (C=O) groups is 1. The van der Waals surface area contributed by atoms with Crippen molar-refractivity contribution in [3.8, 4) is 11.5 Å². The Balaban J connectivity index is 1.44. The first-order valence-corrected chi connectivity index (χ1v) is 9.83. The minimum absolute atomic E-state index is 0.00520. The maximum Gasteiger partial charge on any atom is 0.317 e. The predicted molar refractivity (Wildman–Crippen MR) is 111 cm³/mol. The number of carbonyl (C=O) groups excluding carboxylic acids is 1. The Bertz CT molecular complexity index is 759. The fourth-order valence-corrected chi connectivity index (χ4v) is 3.37. The molecule has 1 heterocycles. The molecule has 6 nitrogen and oxygen atoms in total. The normalized spacial score (nSPS) is 13.9. The number of piperazine rings is 1. The molecular formula is C22H29N3O3. The summed E-state index contributed by atoms with van der Waals surface area (Å²) in [5, 5.41) is 3.03. The molecule has 0 radical (unpaired) electrons. The van der Waals surface area contributed by atoms with Crippen molar-refractivity contribution in [2.45, 2.75) is 13.3 Å². The number of ether oxygens (including phenoxy) is 2. The lowest BCUT2D eigenvalue weighted by molar-refractivity contribution is 0.194. The molecule has 1 saturated heterocycles. The molecule has 2 amide bonds. The molecule has 2 aromatic rings. The van der Waals surface area contributed by atoms with Gasteiger partial charge in [0.25, 0.3) is 0 Å². The van der Waals surface area contributed by atoms with Crippen molar-refractivity contribution in [2.75, 3.05) is 51.3 Å². The van der Waals surface area contributed by atoms with Gasteiger partial charge in [0.05, 0.1) is 13.7 Å². The highest BCUT2D eigenvalue weighted by Crippen LogP contribution is 2.28. The summed E-state index contributed by atoms with van der Waals surface area (Å²) >= 11 is 0. The third-order valence-electron chi connectivity index (χ3n) is 4.91. The zero-order chi connectivity index (χ0) is 19.8. The summed E-state index contributed by atoms with van der Waals surface area (Å²) < 4.78 is 10.9. The number of para-hydroxylation sites is 1. The first-order chi connectivity index (χ1) is 13.7.